The SMILES string of the molecule is C/C=C(\C=C/CC)c1cc(B(O)O)cc(-c2ccccc2)c1. The van der Waals surface area contributed by atoms with Crippen molar-refractivity contribution in [1.29, 1.82) is 0 Å². The summed E-state index contributed by atoms with van der Waals surface area (Å²) in [5, 5.41) is 19.1. The molecule has 2 N–H and O–H groups in total. The molecule has 0 spiro atoms. The molecule has 2 nitrogen and oxygen atoms in total. The van der Waals surface area contributed by atoms with Gasteiger partial charge in [-0.15, -0.1) is 0 Å². The average Bonchev–Trinajstić information content (AvgIpc) is 2.56. The molecule has 112 valence electrons. The molecule has 0 aliphatic carbocycles. The first-order valence-corrected chi connectivity index (χ1v) is 7.55. The molecule has 0 aliphatic rings. The number of rotatable bonds is 5. The van der Waals surface area contributed by atoms with Crippen molar-refractivity contribution in [3.63, 3.8) is 0 Å². The molecule has 0 amide bonds. The van der Waals surface area contributed by atoms with E-state index in [1.165, 1.54) is 0 Å². The monoisotopic (exact) mass is 292 g/mol. The Labute approximate surface area is 132 Å². The molecule has 0 saturated heterocycles. The first-order chi connectivity index (χ1) is 10.7. The highest BCUT2D eigenvalue weighted by Crippen LogP contribution is 2.24. The third-order valence-corrected chi connectivity index (χ3v) is 3.54. The molecule has 0 aromatic heterocycles. The van der Waals surface area contributed by atoms with Crippen molar-refractivity contribution in [2.45, 2.75) is 20.3 Å². The molecule has 0 unspecified atom stereocenters. The average molecular weight is 292 g/mol. The van der Waals surface area contributed by atoms with Crippen LogP contribution in [0.5, 0.6) is 0 Å². The number of benzene rings is 2. The van der Waals surface area contributed by atoms with Crippen LogP contribution in [0.3, 0.4) is 0 Å². The quantitative estimate of drug-likeness (QED) is 0.655. The van der Waals surface area contributed by atoms with Gasteiger partial charge in [0.05, 0.1) is 0 Å². The summed E-state index contributed by atoms with van der Waals surface area (Å²) in [7, 11) is -1.48. The minimum absolute atomic E-state index is 0.501. The second-order valence-electron chi connectivity index (χ2n) is 5.14. The van der Waals surface area contributed by atoms with Gasteiger partial charge in [0.1, 0.15) is 0 Å². The highest BCUT2D eigenvalue weighted by atomic mass is 16.4. The molecule has 22 heavy (non-hydrogen) atoms. The fourth-order valence-corrected chi connectivity index (χ4v) is 2.37. The van der Waals surface area contributed by atoms with Gasteiger partial charge in [-0.1, -0.05) is 67.6 Å². The van der Waals surface area contributed by atoms with E-state index in [0.717, 1.165) is 28.7 Å². The van der Waals surface area contributed by atoms with Gasteiger partial charge in [-0.25, -0.2) is 0 Å². The summed E-state index contributed by atoms with van der Waals surface area (Å²) >= 11 is 0. The first kappa shape index (κ1) is 16.3. The molecule has 3 heteroatoms. The summed E-state index contributed by atoms with van der Waals surface area (Å²) in [5.41, 5.74) is 4.59. The van der Waals surface area contributed by atoms with Crippen LogP contribution in [0.2, 0.25) is 0 Å². The van der Waals surface area contributed by atoms with Crippen LogP contribution in [0, 0.1) is 0 Å². The van der Waals surface area contributed by atoms with Gasteiger partial charge in [0, 0.05) is 0 Å². The van der Waals surface area contributed by atoms with Crippen molar-refractivity contribution in [1.82, 2.24) is 0 Å². The molecular weight excluding hydrogens is 271 g/mol. The summed E-state index contributed by atoms with van der Waals surface area (Å²) in [6.07, 6.45) is 7.16. The molecule has 0 bridgehead atoms. The fourth-order valence-electron chi connectivity index (χ4n) is 2.37. The molecule has 2 aromatic rings. The predicted octanol–water partition coefficient (Wildman–Crippen LogP) is 3.40. The molecule has 0 aliphatic heterocycles. The predicted molar refractivity (Wildman–Crippen MR) is 94.8 cm³/mol. The Morgan fingerprint density at radius 3 is 2.36 bits per heavy atom. The van der Waals surface area contributed by atoms with Gasteiger partial charge in [-0.2, -0.15) is 0 Å². The fraction of sp³-hybridized carbons (Fsp3) is 0.158. The number of hydrogen-bond acceptors (Lipinski definition) is 2. The Morgan fingerprint density at radius 1 is 1.05 bits per heavy atom. The molecule has 0 radical (unpaired) electrons. The Bertz CT molecular complexity index is 673. The minimum Gasteiger partial charge on any atom is -0.423 e. The van der Waals surface area contributed by atoms with E-state index in [9.17, 15) is 10.0 Å². The Kier molecular flexibility index (Phi) is 5.76. The van der Waals surface area contributed by atoms with Crippen LogP contribution >= 0.6 is 0 Å². The van der Waals surface area contributed by atoms with Crippen LogP contribution in [0.15, 0.2) is 66.8 Å². The summed E-state index contributed by atoms with van der Waals surface area (Å²) in [6, 6.07) is 15.7. The van der Waals surface area contributed by atoms with Gasteiger partial charge < -0.3 is 10.0 Å². The van der Waals surface area contributed by atoms with E-state index in [4.69, 9.17) is 0 Å². The van der Waals surface area contributed by atoms with Gasteiger partial charge >= 0.3 is 7.12 Å². The van der Waals surface area contributed by atoms with Crippen molar-refractivity contribution >= 4 is 18.2 Å². The topological polar surface area (TPSA) is 40.5 Å². The van der Waals surface area contributed by atoms with Gasteiger partial charge in [-0.3, -0.25) is 0 Å². The summed E-state index contributed by atoms with van der Waals surface area (Å²) in [4.78, 5) is 0. The summed E-state index contributed by atoms with van der Waals surface area (Å²) in [6.45, 7) is 4.08. The van der Waals surface area contributed by atoms with Crippen molar-refractivity contribution in [3.8, 4) is 11.1 Å². The largest absolute Gasteiger partial charge is 0.488 e. The molecule has 0 atom stereocenters. The highest BCUT2D eigenvalue weighted by molar-refractivity contribution is 6.58. The zero-order valence-corrected chi connectivity index (χ0v) is 13.0. The van der Waals surface area contributed by atoms with Crippen molar-refractivity contribution in [3.05, 3.63) is 72.3 Å². The maximum Gasteiger partial charge on any atom is 0.488 e. The van der Waals surface area contributed by atoms with Crippen molar-refractivity contribution < 1.29 is 10.0 Å². The van der Waals surface area contributed by atoms with Crippen LogP contribution in [-0.4, -0.2) is 17.2 Å². The second kappa shape index (κ2) is 7.78. The van der Waals surface area contributed by atoms with E-state index >= 15 is 0 Å². The van der Waals surface area contributed by atoms with E-state index in [1.807, 2.05) is 55.5 Å². The molecular formula is C19H21BO2. The Balaban J connectivity index is 2.55. The standard InChI is InChI=1S/C19H21BO2/c1-3-5-9-15(4-2)17-12-18(14-19(13-17)20(21)22)16-10-7-6-8-11-16/h4-14,21-22H,3H2,1-2H3/b9-5-,15-4+. The third kappa shape index (κ3) is 3.97. The zero-order chi connectivity index (χ0) is 15.9. The van der Waals surface area contributed by atoms with E-state index in [0.29, 0.717) is 5.46 Å². The lowest BCUT2D eigenvalue weighted by atomic mass is 9.77. The van der Waals surface area contributed by atoms with E-state index < -0.39 is 7.12 Å². The van der Waals surface area contributed by atoms with Crippen LogP contribution in [-0.2, 0) is 0 Å². The third-order valence-electron chi connectivity index (χ3n) is 3.54. The normalized spacial score (nSPS) is 11.9. The van der Waals surface area contributed by atoms with Crippen LogP contribution in [0.25, 0.3) is 16.7 Å². The highest BCUT2D eigenvalue weighted by Gasteiger charge is 2.14. The van der Waals surface area contributed by atoms with Gasteiger partial charge in [0.15, 0.2) is 0 Å². The maximum atomic E-state index is 9.57. The van der Waals surface area contributed by atoms with Crippen LogP contribution in [0.1, 0.15) is 25.8 Å². The number of allylic oxidation sites excluding steroid dienone is 4. The zero-order valence-electron chi connectivity index (χ0n) is 13.0. The molecule has 0 heterocycles. The second-order valence-corrected chi connectivity index (χ2v) is 5.14. The minimum atomic E-state index is -1.48. The van der Waals surface area contributed by atoms with Gasteiger partial charge in [0.25, 0.3) is 0 Å². The maximum absolute atomic E-state index is 9.57. The van der Waals surface area contributed by atoms with Crippen molar-refractivity contribution in [2.75, 3.05) is 0 Å². The number of hydrogen-bond donors (Lipinski definition) is 2. The molecule has 2 aromatic carbocycles. The van der Waals surface area contributed by atoms with Crippen LogP contribution in [0.4, 0.5) is 0 Å². The van der Waals surface area contributed by atoms with E-state index in [2.05, 4.69) is 25.1 Å². The Morgan fingerprint density at radius 2 is 1.77 bits per heavy atom. The molecule has 2 rings (SSSR count). The van der Waals surface area contributed by atoms with Crippen LogP contribution < -0.4 is 5.46 Å². The Hall–Kier alpha value is -2.10. The van der Waals surface area contributed by atoms with E-state index in [-0.39, 0.29) is 0 Å². The first-order valence-electron chi connectivity index (χ1n) is 7.55. The lowest BCUT2D eigenvalue weighted by Gasteiger charge is -2.11. The lowest BCUT2D eigenvalue weighted by molar-refractivity contribution is 0.426. The smallest absolute Gasteiger partial charge is 0.423 e. The molecule has 0 saturated carbocycles. The summed E-state index contributed by atoms with van der Waals surface area (Å²) < 4.78 is 0. The summed E-state index contributed by atoms with van der Waals surface area (Å²) in [5.74, 6) is 0. The van der Waals surface area contributed by atoms with Crippen molar-refractivity contribution in [2.24, 2.45) is 0 Å². The molecule has 0 fully saturated rings. The van der Waals surface area contributed by atoms with E-state index in [1.54, 1.807) is 0 Å². The lowest BCUT2D eigenvalue weighted by Crippen LogP contribution is -2.30. The van der Waals surface area contributed by atoms with Gasteiger partial charge in [0.2, 0.25) is 0 Å². The van der Waals surface area contributed by atoms with Gasteiger partial charge in [-0.05, 0) is 47.1 Å².